The quantitative estimate of drug-likeness (QED) is 0.548. The van der Waals surface area contributed by atoms with Crippen LogP contribution in [0.4, 0.5) is 0 Å². The maximum absolute atomic E-state index is 13.7. The molecule has 25 heavy (non-hydrogen) atoms. The highest BCUT2D eigenvalue weighted by Gasteiger charge is 2.70. The summed E-state index contributed by atoms with van der Waals surface area (Å²) in [5.41, 5.74) is -1.55. The van der Waals surface area contributed by atoms with Crippen LogP contribution in [0.25, 0.3) is 0 Å². The molecule has 3 heterocycles. The van der Waals surface area contributed by atoms with Crippen LogP contribution in [0.3, 0.4) is 0 Å². The van der Waals surface area contributed by atoms with Crippen LogP contribution >= 0.6 is 0 Å². The standard InChI is InChI=1S/C20H32O4Si/c1-8-10-15-17(21)19(9-2,24-25(6,7)18(3,4)5)16-11-14-12-22-13-20(14,15)23-16/h8-9,14-16H,1-2,10-13H2,3-7H3/t14-,15-,16-,19+,20+/m0/s1. The van der Waals surface area contributed by atoms with Crippen molar-refractivity contribution >= 4 is 14.1 Å². The minimum absolute atomic E-state index is 0.00391. The van der Waals surface area contributed by atoms with Crippen molar-refractivity contribution in [2.24, 2.45) is 11.8 Å². The van der Waals surface area contributed by atoms with Gasteiger partial charge in [0.05, 0.1) is 25.2 Å². The number of carbonyl (C=O) groups is 1. The molecule has 140 valence electrons. The second-order valence-electron chi connectivity index (χ2n) is 9.31. The predicted octanol–water partition coefficient (Wildman–Crippen LogP) is 3.88. The van der Waals surface area contributed by atoms with Gasteiger partial charge in [0.15, 0.2) is 19.7 Å². The topological polar surface area (TPSA) is 44.8 Å². The van der Waals surface area contributed by atoms with Crippen LogP contribution in [-0.4, -0.2) is 44.6 Å². The van der Waals surface area contributed by atoms with Gasteiger partial charge in [0.25, 0.3) is 0 Å². The van der Waals surface area contributed by atoms with E-state index < -0.39 is 19.5 Å². The van der Waals surface area contributed by atoms with Gasteiger partial charge in [-0.3, -0.25) is 4.79 Å². The zero-order valence-electron chi connectivity index (χ0n) is 16.3. The lowest BCUT2D eigenvalue weighted by molar-refractivity contribution is -0.195. The average molecular weight is 365 g/mol. The number of ketones is 1. The molecule has 1 spiro atoms. The van der Waals surface area contributed by atoms with Crippen LogP contribution in [0, 0.1) is 11.8 Å². The molecule has 3 saturated heterocycles. The van der Waals surface area contributed by atoms with Gasteiger partial charge in [-0.05, 0) is 31.0 Å². The van der Waals surface area contributed by atoms with Gasteiger partial charge in [0, 0.05) is 5.92 Å². The summed E-state index contributed by atoms with van der Waals surface area (Å²) < 4.78 is 19.0. The Morgan fingerprint density at radius 3 is 2.60 bits per heavy atom. The molecule has 3 aliphatic heterocycles. The van der Waals surface area contributed by atoms with E-state index in [2.05, 4.69) is 47.0 Å². The Kier molecular flexibility index (Phi) is 4.47. The van der Waals surface area contributed by atoms with Crippen molar-refractivity contribution in [1.82, 2.24) is 0 Å². The molecule has 0 amide bonds. The summed E-state index contributed by atoms with van der Waals surface area (Å²) in [6.45, 7) is 19.9. The van der Waals surface area contributed by atoms with Crippen LogP contribution in [-0.2, 0) is 18.7 Å². The Bertz CT molecular complexity index is 593. The first-order chi connectivity index (χ1) is 11.5. The fourth-order valence-corrected chi connectivity index (χ4v) is 5.88. The fourth-order valence-electron chi connectivity index (χ4n) is 4.41. The van der Waals surface area contributed by atoms with Crippen LogP contribution in [0.1, 0.15) is 33.6 Å². The molecule has 0 aromatic carbocycles. The molecule has 0 N–H and O–H groups in total. The smallest absolute Gasteiger partial charge is 0.193 e. The molecule has 3 aliphatic rings. The maximum atomic E-state index is 13.7. The second kappa shape index (κ2) is 5.88. The van der Waals surface area contributed by atoms with Crippen LogP contribution < -0.4 is 0 Å². The Balaban J connectivity index is 2.04. The molecule has 0 radical (unpaired) electrons. The molecule has 4 nitrogen and oxygen atoms in total. The number of Topliss-reactive ketones (excluding diaryl/α,β-unsaturated/α-hetero) is 1. The van der Waals surface area contributed by atoms with Gasteiger partial charge in [-0.1, -0.05) is 39.5 Å². The summed E-state index contributed by atoms with van der Waals surface area (Å²) in [5.74, 6) is 0.0757. The zero-order valence-corrected chi connectivity index (χ0v) is 17.3. The van der Waals surface area contributed by atoms with E-state index in [1.165, 1.54) is 0 Å². The average Bonchev–Trinajstić information content (AvgIpc) is 3.03. The maximum Gasteiger partial charge on any atom is 0.193 e. The summed E-state index contributed by atoms with van der Waals surface area (Å²) >= 11 is 0. The lowest BCUT2D eigenvalue weighted by Crippen LogP contribution is -2.66. The molecule has 3 rings (SSSR count). The van der Waals surface area contributed by atoms with Crippen molar-refractivity contribution < 1.29 is 18.7 Å². The number of ether oxygens (including phenoxy) is 2. The van der Waals surface area contributed by atoms with E-state index in [0.29, 0.717) is 19.6 Å². The predicted molar refractivity (Wildman–Crippen MR) is 101 cm³/mol. The van der Waals surface area contributed by atoms with Crippen LogP contribution in [0.15, 0.2) is 25.3 Å². The van der Waals surface area contributed by atoms with E-state index >= 15 is 0 Å². The molecular weight excluding hydrogens is 332 g/mol. The van der Waals surface area contributed by atoms with E-state index in [1.54, 1.807) is 6.08 Å². The SMILES string of the molecule is C=CC[C@H]1C(=O)[C@](C=C)(O[Si](C)(C)C(C)(C)C)[C@@H]2C[C@H]3COC[C@@]31O2. The van der Waals surface area contributed by atoms with Gasteiger partial charge in [0.2, 0.25) is 0 Å². The second-order valence-corrected chi connectivity index (χ2v) is 14.0. The highest BCUT2D eigenvalue weighted by molar-refractivity contribution is 6.74. The van der Waals surface area contributed by atoms with Gasteiger partial charge >= 0.3 is 0 Å². The molecule has 0 aliphatic carbocycles. The monoisotopic (exact) mass is 364 g/mol. The van der Waals surface area contributed by atoms with E-state index in [-0.39, 0.29) is 28.8 Å². The Labute approximate surface area is 152 Å². The Morgan fingerprint density at radius 2 is 2.04 bits per heavy atom. The number of carbonyl (C=O) groups excluding carboxylic acids is 1. The van der Waals surface area contributed by atoms with E-state index in [9.17, 15) is 4.79 Å². The minimum Gasteiger partial charge on any atom is -0.399 e. The van der Waals surface area contributed by atoms with Crippen LogP contribution in [0.2, 0.25) is 18.1 Å². The number of hydrogen-bond donors (Lipinski definition) is 0. The van der Waals surface area contributed by atoms with Gasteiger partial charge in [-0.25, -0.2) is 0 Å². The summed E-state index contributed by atoms with van der Waals surface area (Å²) in [7, 11) is -2.19. The Hall–Kier alpha value is -0.753. The third-order valence-electron chi connectivity index (χ3n) is 6.90. The van der Waals surface area contributed by atoms with Crippen molar-refractivity contribution in [3.63, 3.8) is 0 Å². The molecular formula is C20H32O4Si. The normalized spacial score (nSPS) is 40.8. The van der Waals surface area contributed by atoms with Gasteiger partial charge in [-0.2, -0.15) is 0 Å². The summed E-state index contributed by atoms with van der Waals surface area (Å²) in [6, 6.07) is 0. The molecule has 2 bridgehead atoms. The highest BCUT2D eigenvalue weighted by Crippen LogP contribution is 2.57. The summed E-state index contributed by atoms with van der Waals surface area (Å²) in [4.78, 5) is 13.7. The van der Waals surface area contributed by atoms with Crippen molar-refractivity contribution in [1.29, 1.82) is 0 Å². The largest absolute Gasteiger partial charge is 0.399 e. The third-order valence-corrected chi connectivity index (χ3v) is 11.4. The van der Waals surface area contributed by atoms with E-state index in [0.717, 1.165) is 6.42 Å². The summed E-state index contributed by atoms with van der Waals surface area (Å²) in [5, 5.41) is 0.00391. The minimum atomic E-state index is -2.19. The fraction of sp³-hybridized carbons (Fsp3) is 0.750. The molecule has 5 atom stereocenters. The van der Waals surface area contributed by atoms with Crippen molar-refractivity contribution in [2.45, 2.75) is 69.1 Å². The van der Waals surface area contributed by atoms with E-state index in [1.807, 2.05) is 6.08 Å². The lowest BCUT2D eigenvalue weighted by Gasteiger charge is -2.51. The van der Waals surface area contributed by atoms with Gasteiger partial charge < -0.3 is 13.9 Å². The Morgan fingerprint density at radius 1 is 1.36 bits per heavy atom. The first-order valence-electron chi connectivity index (χ1n) is 9.28. The number of hydrogen-bond acceptors (Lipinski definition) is 4. The van der Waals surface area contributed by atoms with Crippen LogP contribution in [0.5, 0.6) is 0 Å². The highest BCUT2D eigenvalue weighted by atomic mass is 28.4. The first kappa shape index (κ1) is 19.0. The van der Waals surface area contributed by atoms with Gasteiger partial charge in [0.1, 0.15) is 5.60 Å². The van der Waals surface area contributed by atoms with E-state index in [4.69, 9.17) is 13.9 Å². The summed E-state index contributed by atoms with van der Waals surface area (Å²) in [6.07, 6.45) is 4.64. The molecule has 5 heteroatoms. The third kappa shape index (κ3) is 2.54. The number of fused-ring (bicyclic) bond motifs is 1. The molecule has 0 aromatic rings. The molecule has 0 unspecified atom stereocenters. The number of allylic oxidation sites excluding steroid dienone is 1. The molecule has 0 aromatic heterocycles. The van der Waals surface area contributed by atoms with Gasteiger partial charge in [-0.15, -0.1) is 6.58 Å². The molecule has 0 saturated carbocycles. The van der Waals surface area contributed by atoms with Crippen molar-refractivity contribution in [3.8, 4) is 0 Å². The first-order valence-corrected chi connectivity index (χ1v) is 12.2. The zero-order chi connectivity index (χ0) is 18.7. The number of rotatable bonds is 5. The van der Waals surface area contributed by atoms with Crippen molar-refractivity contribution in [3.05, 3.63) is 25.3 Å². The molecule has 3 fully saturated rings. The van der Waals surface area contributed by atoms with Crippen molar-refractivity contribution in [2.75, 3.05) is 13.2 Å². The lowest BCUT2D eigenvalue weighted by atomic mass is 9.73.